The van der Waals surface area contributed by atoms with E-state index in [1.54, 1.807) is 31.4 Å². The van der Waals surface area contributed by atoms with Gasteiger partial charge in [0.15, 0.2) is 0 Å². The van der Waals surface area contributed by atoms with Gasteiger partial charge in [0, 0.05) is 23.2 Å². The lowest BCUT2D eigenvalue weighted by Crippen LogP contribution is -2.46. The van der Waals surface area contributed by atoms with Crippen LogP contribution in [0.25, 0.3) is 0 Å². The second-order valence-electron chi connectivity index (χ2n) is 9.31. The van der Waals surface area contributed by atoms with Gasteiger partial charge in [-0.25, -0.2) is 10.0 Å². The fourth-order valence-electron chi connectivity index (χ4n) is 4.38. The lowest BCUT2D eigenvalue weighted by molar-refractivity contribution is -0.139. The van der Waals surface area contributed by atoms with E-state index >= 15 is 0 Å². The predicted octanol–water partition coefficient (Wildman–Crippen LogP) is 3.21. The van der Waals surface area contributed by atoms with E-state index in [4.69, 9.17) is 9.26 Å². The molecule has 36 heavy (non-hydrogen) atoms. The number of ether oxygens (including phenoxy) is 1. The normalized spacial score (nSPS) is 15.5. The van der Waals surface area contributed by atoms with Crippen molar-refractivity contribution in [3.63, 3.8) is 0 Å². The average molecular weight is 509 g/mol. The Balaban J connectivity index is 1.67. The van der Waals surface area contributed by atoms with Gasteiger partial charge in [-0.05, 0) is 66.6 Å². The van der Waals surface area contributed by atoms with Crippen molar-refractivity contribution in [3.05, 3.63) is 75.3 Å². The molecular weight excluding hydrogens is 480 g/mol. The Morgan fingerprint density at radius 2 is 2.00 bits per heavy atom. The van der Waals surface area contributed by atoms with Crippen LogP contribution in [0.4, 0.5) is 5.69 Å². The molecule has 2 heterocycles. The molecule has 1 aliphatic heterocycles. The topological polar surface area (TPSA) is 128 Å². The van der Waals surface area contributed by atoms with Gasteiger partial charge in [0.25, 0.3) is 11.5 Å². The fourth-order valence-corrected chi connectivity index (χ4v) is 5.62. The van der Waals surface area contributed by atoms with Crippen LogP contribution < -0.4 is 15.6 Å². The summed E-state index contributed by atoms with van der Waals surface area (Å²) in [4.78, 5) is 40.8. The number of H-pyrrole nitrogens is 1. The highest BCUT2D eigenvalue weighted by atomic mass is 32.3. The number of benzene rings is 2. The lowest BCUT2D eigenvalue weighted by Gasteiger charge is -2.36. The molecule has 1 atom stereocenters. The second-order valence-corrected chi connectivity index (χ2v) is 13.4. The third-order valence-corrected chi connectivity index (χ3v) is 7.75. The molecule has 9 nitrogen and oxygen atoms in total. The molecule has 0 fully saturated rings. The average Bonchev–Trinajstić information content (AvgIpc) is 3.26. The number of methoxy groups -OCH3 is 1. The number of aromatic amines is 1. The molecule has 0 bridgehead atoms. The summed E-state index contributed by atoms with van der Waals surface area (Å²) in [5.41, 5.74) is 2.17. The number of anilines is 1. The van der Waals surface area contributed by atoms with E-state index in [9.17, 15) is 19.6 Å². The van der Waals surface area contributed by atoms with Gasteiger partial charge in [-0.1, -0.05) is 6.07 Å². The van der Waals surface area contributed by atoms with Crippen LogP contribution in [0.3, 0.4) is 0 Å². The van der Waals surface area contributed by atoms with Crippen molar-refractivity contribution in [2.75, 3.05) is 37.7 Å². The summed E-state index contributed by atoms with van der Waals surface area (Å²) in [7, 11) is 0.435. The van der Waals surface area contributed by atoms with Crippen molar-refractivity contribution in [2.24, 2.45) is 0 Å². The van der Waals surface area contributed by atoms with E-state index in [-0.39, 0.29) is 18.1 Å². The van der Waals surface area contributed by atoms with Crippen LogP contribution in [-0.4, -0.2) is 54.3 Å². The maximum Gasteiger partial charge on any atom is 0.280 e. The second kappa shape index (κ2) is 9.95. The standard InChI is InChI=1S/C26H28N4O5S/c1-34-19-6-7-21-16(12-19)9-10-30(24(32)14-20-13-23(31)29-35-20)25(21)26(33)28-18-5-8-22(36(2,3)4)17(11-18)15-27/h5-8,11-13,25H,9-10,14H2,1-4H3,(H,28,33)(H,29,31)/t25-/m1/s1. The molecule has 1 aromatic heterocycles. The number of carbonyl (C=O) groups excluding carboxylic acids is 2. The fraction of sp³-hybridized carbons (Fsp3) is 0.308. The Morgan fingerprint density at radius 1 is 1.22 bits per heavy atom. The first kappa shape index (κ1) is 25.1. The Labute approximate surface area is 210 Å². The zero-order valence-electron chi connectivity index (χ0n) is 20.6. The highest BCUT2D eigenvalue weighted by Gasteiger charge is 2.36. The first-order valence-corrected chi connectivity index (χ1v) is 14.1. The Kier molecular flexibility index (Phi) is 6.95. The molecule has 2 N–H and O–H groups in total. The van der Waals surface area contributed by atoms with Crippen molar-refractivity contribution in [1.29, 1.82) is 5.26 Å². The molecule has 0 unspecified atom stereocenters. The summed E-state index contributed by atoms with van der Waals surface area (Å²) in [6.07, 6.45) is 6.69. The highest BCUT2D eigenvalue weighted by molar-refractivity contribution is 8.32. The lowest BCUT2D eigenvalue weighted by atomic mass is 9.91. The van der Waals surface area contributed by atoms with Gasteiger partial charge in [0.2, 0.25) is 5.91 Å². The largest absolute Gasteiger partial charge is 0.497 e. The van der Waals surface area contributed by atoms with Crippen LogP contribution in [0.5, 0.6) is 5.75 Å². The number of nitrogens with one attached hydrogen (secondary N) is 2. The number of nitriles is 1. The smallest absolute Gasteiger partial charge is 0.280 e. The minimum atomic E-state index is -1.14. The minimum Gasteiger partial charge on any atom is -0.497 e. The molecule has 0 radical (unpaired) electrons. The molecular formula is C26H28N4O5S. The van der Waals surface area contributed by atoms with Crippen LogP contribution in [0.15, 0.2) is 56.7 Å². The zero-order chi connectivity index (χ0) is 26.0. The maximum absolute atomic E-state index is 13.6. The summed E-state index contributed by atoms with van der Waals surface area (Å²) in [5, 5.41) is 14.8. The third kappa shape index (κ3) is 5.16. The van der Waals surface area contributed by atoms with Crippen molar-refractivity contribution in [1.82, 2.24) is 10.1 Å². The van der Waals surface area contributed by atoms with Gasteiger partial charge >= 0.3 is 0 Å². The van der Waals surface area contributed by atoms with Crippen LogP contribution >= 0.6 is 10.0 Å². The van der Waals surface area contributed by atoms with Crippen LogP contribution in [-0.2, 0) is 22.4 Å². The van der Waals surface area contributed by atoms with E-state index in [0.29, 0.717) is 35.5 Å². The van der Waals surface area contributed by atoms with E-state index in [1.807, 2.05) is 12.1 Å². The van der Waals surface area contributed by atoms with Gasteiger partial charge in [0.05, 0.1) is 19.1 Å². The van der Waals surface area contributed by atoms with Crippen LogP contribution in [0, 0.1) is 11.3 Å². The molecule has 4 rings (SSSR count). The predicted molar refractivity (Wildman–Crippen MR) is 138 cm³/mol. The number of hydrogen-bond acceptors (Lipinski definition) is 6. The number of carbonyl (C=O) groups is 2. The molecule has 3 aromatic rings. The first-order chi connectivity index (χ1) is 17.1. The maximum atomic E-state index is 13.6. The monoisotopic (exact) mass is 508 g/mol. The molecule has 10 heteroatoms. The summed E-state index contributed by atoms with van der Waals surface area (Å²) in [5.74, 6) is 0.123. The van der Waals surface area contributed by atoms with E-state index < -0.39 is 27.5 Å². The molecule has 2 amide bonds. The van der Waals surface area contributed by atoms with E-state index in [2.05, 4.69) is 35.3 Å². The molecule has 2 aromatic carbocycles. The molecule has 0 spiro atoms. The number of nitrogens with zero attached hydrogens (tertiary/aromatic N) is 2. The first-order valence-electron chi connectivity index (χ1n) is 11.3. The Morgan fingerprint density at radius 3 is 2.64 bits per heavy atom. The summed E-state index contributed by atoms with van der Waals surface area (Å²) >= 11 is 0. The molecule has 0 aliphatic carbocycles. The highest BCUT2D eigenvalue weighted by Crippen LogP contribution is 2.47. The summed E-state index contributed by atoms with van der Waals surface area (Å²) < 4.78 is 10.4. The van der Waals surface area contributed by atoms with Gasteiger partial charge in [-0.15, -0.1) is 0 Å². The Hall–Kier alpha value is -3.97. The SMILES string of the molecule is COc1ccc2c(c1)CCN(C(=O)Cc1cc(=O)[nH]o1)[C@H]2C(=O)Nc1ccc(S(C)(C)C)c(C#N)c1. The summed E-state index contributed by atoms with van der Waals surface area (Å²) in [6.45, 7) is 0.307. The number of hydrogen-bond donors (Lipinski definition) is 2. The van der Waals surface area contributed by atoms with E-state index in [0.717, 1.165) is 10.5 Å². The van der Waals surface area contributed by atoms with Crippen LogP contribution in [0.2, 0.25) is 0 Å². The van der Waals surface area contributed by atoms with Gasteiger partial charge in [-0.3, -0.25) is 14.4 Å². The Bertz CT molecular complexity index is 1410. The van der Waals surface area contributed by atoms with Crippen LogP contribution in [0.1, 0.15) is 28.5 Å². The number of aromatic nitrogens is 1. The third-order valence-electron chi connectivity index (χ3n) is 6.07. The minimum absolute atomic E-state index is 0.157. The molecule has 0 saturated carbocycles. The van der Waals surface area contributed by atoms with Crippen molar-refractivity contribution in [2.45, 2.75) is 23.8 Å². The van der Waals surface area contributed by atoms with Crippen molar-refractivity contribution >= 4 is 27.5 Å². The van der Waals surface area contributed by atoms with Gasteiger partial charge in [0.1, 0.15) is 23.6 Å². The van der Waals surface area contributed by atoms with Crippen molar-refractivity contribution in [3.8, 4) is 11.8 Å². The van der Waals surface area contributed by atoms with Gasteiger partial charge < -0.3 is 19.5 Å². The quantitative estimate of drug-likeness (QED) is 0.526. The zero-order valence-corrected chi connectivity index (χ0v) is 21.4. The van der Waals surface area contributed by atoms with Crippen molar-refractivity contribution < 1.29 is 18.8 Å². The van der Waals surface area contributed by atoms with E-state index in [1.165, 1.54) is 11.0 Å². The molecule has 188 valence electrons. The molecule has 0 saturated heterocycles. The number of amides is 2. The van der Waals surface area contributed by atoms with Gasteiger partial charge in [-0.2, -0.15) is 10.4 Å². The molecule has 1 aliphatic rings. The summed E-state index contributed by atoms with van der Waals surface area (Å²) in [6, 6.07) is 13.3. The number of rotatable bonds is 6. The number of fused-ring (bicyclic) bond motifs is 1.